The molecule has 0 aromatic heterocycles. The molecule has 3 heteroatoms. The molecule has 1 atom stereocenters. The number of methoxy groups -OCH3 is 1. The lowest BCUT2D eigenvalue weighted by molar-refractivity contribution is 0.279. The number of hydrogen-bond acceptors (Lipinski definition) is 3. The molecule has 0 amide bonds. The molecule has 1 unspecified atom stereocenters. The highest BCUT2D eigenvalue weighted by Gasteiger charge is 2.29. The molecule has 1 aromatic rings. The Labute approximate surface area is 116 Å². The van der Waals surface area contributed by atoms with Gasteiger partial charge in [-0.2, -0.15) is 0 Å². The molecule has 0 saturated carbocycles. The molecule has 1 aliphatic rings. The van der Waals surface area contributed by atoms with Crippen molar-refractivity contribution in [2.24, 2.45) is 11.1 Å². The summed E-state index contributed by atoms with van der Waals surface area (Å²) in [6, 6.07) is 6.35. The first kappa shape index (κ1) is 14.4. The standard InChI is InChI=1S/C16H26N2O/c1-12(17)13-5-6-15(19-4)14(9-13)10-18-8-7-16(2,3)11-18/h5-6,9,12H,7-8,10-11,17H2,1-4H3. The van der Waals surface area contributed by atoms with E-state index in [1.807, 2.05) is 13.0 Å². The average molecular weight is 262 g/mol. The van der Waals surface area contributed by atoms with E-state index in [2.05, 4.69) is 30.9 Å². The van der Waals surface area contributed by atoms with Gasteiger partial charge >= 0.3 is 0 Å². The molecule has 0 aliphatic carbocycles. The van der Waals surface area contributed by atoms with Gasteiger partial charge in [-0.25, -0.2) is 0 Å². The minimum Gasteiger partial charge on any atom is -0.496 e. The van der Waals surface area contributed by atoms with Crippen molar-refractivity contribution in [3.63, 3.8) is 0 Å². The van der Waals surface area contributed by atoms with Gasteiger partial charge in [-0.05, 0) is 43.0 Å². The van der Waals surface area contributed by atoms with Crippen LogP contribution in [0.5, 0.6) is 5.75 Å². The SMILES string of the molecule is COc1ccc(C(C)N)cc1CN1CCC(C)(C)C1. The van der Waals surface area contributed by atoms with Crippen molar-refractivity contribution in [1.82, 2.24) is 4.90 Å². The second-order valence-electron chi connectivity index (χ2n) is 6.48. The lowest BCUT2D eigenvalue weighted by Crippen LogP contribution is -2.23. The summed E-state index contributed by atoms with van der Waals surface area (Å²) < 4.78 is 5.47. The third kappa shape index (κ3) is 3.48. The normalized spacial score (nSPS) is 20.5. The van der Waals surface area contributed by atoms with Crippen LogP contribution >= 0.6 is 0 Å². The predicted octanol–water partition coefficient (Wildman–Crippen LogP) is 2.95. The highest BCUT2D eigenvalue weighted by molar-refractivity contribution is 5.38. The Bertz CT molecular complexity index is 440. The van der Waals surface area contributed by atoms with Gasteiger partial charge < -0.3 is 10.5 Å². The van der Waals surface area contributed by atoms with Gasteiger partial charge in [-0.1, -0.05) is 19.9 Å². The number of benzene rings is 1. The van der Waals surface area contributed by atoms with Crippen LogP contribution in [0.1, 0.15) is 44.4 Å². The first-order chi connectivity index (χ1) is 8.91. The fraction of sp³-hybridized carbons (Fsp3) is 0.625. The van der Waals surface area contributed by atoms with E-state index >= 15 is 0 Å². The van der Waals surface area contributed by atoms with Crippen LogP contribution in [0.25, 0.3) is 0 Å². The lowest BCUT2D eigenvalue weighted by Gasteiger charge is -2.21. The Morgan fingerprint density at radius 2 is 2.16 bits per heavy atom. The van der Waals surface area contributed by atoms with E-state index in [0.29, 0.717) is 5.41 Å². The van der Waals surface area contributed by atoms with E-state index in [4.69, 9.17) is 10.5 Å². The van der Waals surface area contributed by atoms with Crippen LogP contribution in [0.4, 0.5) is 0 Å². The van der Waals surface area contributed by atoms with E-state index in [0.717, 1.165) is 18.8 Å². The Morgan fingerprint density at radius 1 is 1.42 bits per heavy atom. The van der Waals surface area contributed by atoms with E-state index in [1.165, 1.54) is 24.1 Å². The summed E-state index contributed by atoms with van der Waals surface area (Å²) in [4.78, 5) is 2.50. The lowest BCUT2D eigenvalue weighted by atomic mass is 9.93. The first-order valence-corrected chi connectivity index (χ1v) is 7.06. The molecule has 2 N–H and O–H groups in total. The van der Waals surface area contributed by atoms with Crippen molar-refractivity contribution in [2.75, 3.05) is 20.2 Å². The summed E-state index contributed by atoms with van der Waals surface area (Å²) in [5.74, 6) is 0.967. The zero-order valence-electron chi connectivity index (χ0n) is 12.6. The zero-order chi connectivity index (χ0) is 14.0. The molecule has 1 saturated heterocycles. The summed E-state index contributed by atoms with van der Waals surface area (Å²) in [5.41, 5.74) is 8.83. The van der Waals surface area contributed by atoms with Crippen molar-refractivity contribution in [3.05, 3.63) is 29.3 Å². The predicted molar refractivity (Wildman–Crippen MR) is 79.3 cm³/mol. The van der Waals surface area contributed by atoms with Crippen LogP contribution in [0.3, 0.4) is 0 Å². The number of nitrogens with zero attached hydrogens (tertiary/aromatic N) is 1. The third-order valence-electron chi connectivity index (χ3n) is 3.98. The molecule has 19 heavy (non-hydrogen) atoms. The summed E-state index contributed by atoms with van der Waals surface area (Å²) in [7, 11) is 1.73. The Balaban J connectivity index is 2.16. The Morgan fingerprint density at radius 3 is 2.68 bits per heavy atom. The summed E-state index contributed by atoms with van der Waals surface area (Å²) >= 11 is 0. The molecule has 0 bridgehead atoms. The molecule has 2 rings (SSSR count). The highest BCUT2D eigenvalue weighted by atomic mass is 16.5. The van der Waals surface area contributed by atoms with E-state index in [9.17, 15) is 0 Å². The van der Waals surface area contributed by atoms with Crippen LogP contribution < -0.4 is 10.5 Å². The minimum atomic E-state index is 0.0691. The fourth-order valence-electron chi connectivity index (χ4n) is 2.81. The van der Waals surface area contributed by atoms with Gasteiger partial charge in [0.15, 0.2) is 0 Å². The molecule has 106 valence electrons. The monoisotopic (exact) mass is 262 g/mol. The Kier molecular flexibility index (Phi) is 4.16. The first-order valence-electron chi connectivity index (χ1n) is 7.06. The second kappa shape index (κ2) is 5.51. The van der Waals surface area contributed by atoms with Crippen LogP contribution in [0.15, 0.2) is 18.2 Å². The maximum Gasteiger partial charge on any atom is 0.123 e. The zero-order valence-corrected chi connectivity index (χ0v) is 12.6. The summed E-state index contributed by atoms with van der Waals surface area (Å²) in [5, 5.41) is 0. The smallest absolute Gasteiger partial charge is 0.123 e. The van der Waals surface area contributed by atoms with Gasteiger partial charge in [0.2, 0.25) is 0 Å². The van der Waals surface area contributed by atoms with Gasteiger partial charge in [0.25, 0.3) is 0 Å². The Hall–Kier alpha value is -1.06. The van der Waals surface area contributed by atoms with Gasteiger partial charge in [0.05, 0.1) is 7.11 Å². The molecule has 1 heterocycles. The molecule has 0 spiro atoms. The summed E-state index contributed by atoms with van der Waals surface area (Å²) in [6.45, 7) is 9.96. The van der Waals surface area contributed by atoms with Crippen LogP contribution in [0, 0.1) is 5.41 Å². The van der Waals surface area contributed by atoms with Crippen molar-refractivity contribution in [2.45, 2.75) is 39.8 Å². The van der Waals surface area contributed by atoms with Crippen molar-refractivity contribution in [3.8, 4) is 5.75 Å². The molecule has 0 radical (unpaired) electrons. The van der Waals surface area contributed by atoms with Crippen molar-refractivity contribution in [1.29, 1.82) is 0 Å². The van der Waals surface area contributed by atoms with E-state index in [-0.39, 0.29) is 6.04 Å². The van der Waals surface area contributed by atoms with E-state index in [1.54, 1.807) is 7.11 Å². The quantitative estimate of drug-likeness (QED) is 0.906. The molecule has 1 aliphatic heterocycles. The second-order valence-corrected chi connectivity index (χ2v) is 6.48. The van der Waals surface area contributed by atoms with Crippen molar-refractivity contribution >= 4 is 0 Å². The van der Waals surface area contributed by atoms with Gasteiger partial charge in [-0.15, -0.1) is 0 Å². The minimum absolute atomic E-state index is 0.0691. The van der Waals surface area contributed by atoms with Gasteiger partial charge in [0.1, 0.15) is 5.75 Å². The average Bonchev–Trinajstić information content (AvgIpc) is 2.68. The highest BCUT2D eigenvalue weighted by Crippen LogP contribution is 2.31. The maximum atomic E-state index is 5.97. The molecule has 3 nitrogen and oxygen atoms in total. The summed E-state index contributed by atoms with van der Waals surface area (Å²) in [6.07, 6.45) is 1.27. The molecular formula is C16H26N2O. The van der Waals surface area contributed by atoms with E-state index < -0.39 is 0 Å². The molecular weight excluding hydrogens is 236 g/mol. The van der Waals surface area contributed by atoms with Crippen LogP contribution in [0.2, 0.25) is 0 Å². The number of hydrogen-bond donors (Lipinski definition) is 1. The molecule has 1 aromatic carbocycles. The molecule has 1 fully saturated rings. The largest absolute Gasteiger partial charge is 0.496 e. The third-order valence-corrected chi connectivity index (χ3v) is 3.98. The number of likely N-dealkylation sites (tertiary alicyclic amines) is 1. The number of nitrogens with two attached hydrogens (primary N) is 1. The topological polar surface area (TPSA) is 38.5 Å². The number of rotatable bonds is 4. The van der Waals surface area contributed by atoms with Crippen LogP contribution in [-0.4, -0.2) is 25.1 Å². The van der Waals surface area contributed by atoms with Crippen LogP contribution in [-0.2, 0) is 6.54 Å². The van der Waals surface area contributed by atoms with Crippen molar-refractivity contribution < 1.29 is 4.74 Å². The fourth-order valence-corrected chi connectivity index (χ4v) is 2.81. The maximum absolute atomic E-state index is 5.97. The van der Waals surface area contributed by atoms with Gasteiger partial charge in [-0.3, -0.25) is 4.90 Å². The number of ether oxygens (including phenoxy) is 1. The van der Waals surface area contributed by atoms with Gasteiger partial charge in [0, 0.05) is 24.7 Å².